The van der Waals surface area contributed by atoms with Crippen molar-refractivity contribution in [3.8, 4) is 0 Å². The van der Waals surface area contributed by atoms with Gasteiger partial charge in [-0.25, -0.2) is 8.42 Å². The highest BCUT2D eigenvalue weighted by Crippen LogP contribution is 2.35. The van der Waals surface area contributed by atoms with Crippen molar-refractivity contribution in [2.24, 2.45) is 11.7 Å². The lowest BCUT2D eigenvalue weighted by Gasteiger charge is -2.14. The van der Waals surface area contributed by atoms with E-state index in [1.807, 2.05) is 0 Å². The maximum atomic E-state index is 12.6. The first kappa shape index (κ1) is 15.1. The Morgan fingerprint density at radius 3 is 2.82 bits per heavy atom. The fourth-order valence-corrected chi connectivity index (χ4v) is 5.14. The van der Waals surface area contributed by atoms with Crippen LogP contribution >= 0.6 is 11.3 Å². The number of sulfonamides is 1. The second kappa shape index (κ2) is 5.45. The highest BCUT2D eigenvalue weighted by atomic mass is 32.2. The van der Waals surface area contributed by atoms with Crippen LogP contribution in [0.15, 0.2) is 26.2 Å². The number of aromatic nitrogens is 2. The molecular weight excluding hydrogens is 328 g/mol. The molecule has 0 aliphatic carbocycles. The van der Waals surface area contributed by atoms with Crippen molar-refractivity contribution >= 4 is 27.3 Å². The molecule has 0 unspecified atom stereocenters. The molecule has 0 spiro atoms. The molecule has 2 aromatic rings. The van der Waals surface area contributed by atoms with E-state index < -0.39 is 27.8 Å². The zero-order valence-electron chi connectivity index (χ0n) is 11.7. The minimum Gasteiger partial charge on any atom is -0.369 e. The van der Waals surface area contributed by atoms with E-state index >= 15 is 0 Å². The van der Waals surface area contributed by atoms with Crippen LogP contribution in [-0.2, 0) is 14.8 Å². The Balaban J connectivity index is 1.93. The van der Waals surface area contributed by atoms with Crippen LogP contribution in [-0.4, -0.2) is 41.9 Å². The number of amides is 1. The highest BCUT2D eigenvalue weighted by Gasteiger charge is 2.45. The number of primary amides is 1. The van der Waals surface area contributed by atoms with E-state index in [-0.39, 0.29) is 23.2 Å². The van der Waals surface area contributed by atoms with Crippen LogP contribution in [0.25, 0.3) is 0 Å². The standard InChI is InChI=1S/C12H14N4O4S2/c1-7-14-12(20-15-7)9-6-16(5-8(9)11(13)17)22(18,19)10-3-2-4-21-10/h2-4,8-9H,5-6H2,1H3,(H2,13,17)/t8-,9-/m1/s1. The van der Waals surface area contributed by atoms with E-state index in [1.54, 1.807) is 18.4 Å². The van der Waals surface area contributed by atoms with Gasteiger partial charge in [0.25, 0.3) is 10.0 Å². The number of rotatable bonds is 4. The van der Waals surface area contributed by atoms with E-state index in [4.69, 9.17) is 10.3 Å². The molecule has 118 valence electrons. The number of nitrogens with zero attached hydrogens (tertiary/aromatic N) is 3. The minimum absolute atomic E-state index is 0.0155. The summed E-state index contributed by atoms with van der Waals surface area (Å²) in [6.45, 7) is 1.76. The lowest BCUT2D eigenvalue weighted by Crippen LogP contribution is -2.31. The summed E-state index contributed by atoms with van der Waals surface area (Å²) in [6.07, 6.45) is 0. The molecule has 2 aromatic heterocycles. The van der Waals surface area contributed by atoms with Crippen molar-refractivity contribution in [1.29, 1.82) is 0 Å². The fraction of sp³-hybridized carbons (Fsp3) is 0.417. The molecule has 1 aliphatic heterocycles. The summed E-state index contributed by atoms with van der Waals surface area (Å²) in [5.41, 5.74) is 5.41. The van der Waals surface area contributed by atoms with Gasteiger partial charge in [-0.2, -0.15) is 9.29 Å². The molecule has 0 saturated carbocycles. The number of hydrogen-bond donors (Lipinski definition) is 1. The Labute approximate surface area is 131 Å². The normalized spacial score (nSPS) is 23.0. The van der Waals surface area contributed by atoms with Crippen molar-refractivity contribution in [3.63, 3.8) is 0 Å². The van der Waals surface area contributed by atoms with Crippen molar-refractivity contribution in [2.75, 3.05) is 13.1 Å². The molecule has 0 bridgehead atoms. The van der Waals surface area contributed by atoms with Crippen molar-refractivity contribution in [2.45, 2.75) is 17.1 Å². The number of nitrogens with two attached hydrogens (primary N) is 1. The number of carbonyl (C=O) groups is 1. The summed E-state index contributed by atoms with van der Waals surface area (Å²) >= 11 is 1.13. The van der Waals surface area contributed by atoms with E-state index in [1.165, 1.54) is 10.4 Å². The number of hydrogen-bond acceptors (Lipinski definition) is 7. The molecule has 1 amide bonds. The summed E-state index contributed by atoms with van der Waals surface area (Å²) in [4.78, 5) is 15.8. The molecule has 22 heavy (non-hydrogen) atoms. The maximum absolute atomic E-state index is 12.6. The Kier molecular flexibility index (Phi) is 3.75. The van der Waals surface area contributed by atoms with Crippen LogP contribution in [0.4, 0.5) is 0 Å². The topological polar surface area (TPSA) is 119 Å². The molecule has 10 heteroatoms. The Hall–Kier alpha value is -1.78. The molecule has 3 rings (SSSR count). The predicted molar refractivity (Wildman–Crippen MR) is 77.5 cm³/mol. The molecule has 2 atom stereocenters. The van der Waals surface area contributed by atoms with Crippen LogP contribution in [0.1, 0.15) is 17.6 Å². The van der Waals surface area contributed by atoms with Crippen LogP contribution in [0.3, 0.4) is 0 Å². The summed E-state index contributed by atoms with van der Waals surface area (Å²) in [5, 5.41) is 5.38. The predicted octanol–water partition coefficient (Wildman–Crippen LogP) is 0.329. The molecule has 1 aliphatic rings. The molecule has 2 N–H and O–H groups in total. The Morgan fingerprint density at radius 1 is 1.50 bits per heavy atom. The first-order valence-electron chi connectivity index (χ1n) is 6.53. The lowest BCUT2D eigenvalue weighted by molar-refractivity contribution is -0.121. The van der Waals surface area contributed by atoms with Crippen LogP contribution in [0, 0.1) is 12.8 Å². The Bertz CT molecular complexity index is 784. The third-order valence-corrected chi connectivity index (χ3v) is 6.81. The molecule has 1 fully saturated rings. The molecule has 0 aromatic carbocycles. The van der Waals surface area contributed by atoms with Gasteiger partial charge in [0.15, 0.2) is 5.82 Å². The zero-order chi connectivity index (χ0) is 15.9. The SMILES string of the molecule is Cc1noc([C@@H]2CN(S(=O)(=O)c3cccs3)C[C@H]2C(N)=O)n1. The average Bonchev–Trinajstić information content (AvgIpc) is 3.18. The smallest absolute Gasteiger partial charge is 0.252 e. The van der Waals surface area contributed by atoms with Crippen LogP contribution < -0.4 is 5.73 Å². The second-order valence-corrected chi connectivity index (χ2v) is 8.16. The third kappa shape index (κ3) is 2.53. The van der Waals surface area contributed by atoms with Gasteiger partial charge in [-0.3, -0.25) is 4.79 Å². The van der Waals surface area contributed by atoms with E-state index in [0.29, 0.717) is 5.82 Å². The largest absolute Gasteiger partial charge is 0.369 e. The van der Waals surface area contributed by atoms with E-state index in [9.17, 15) is 13.2 Å². The van der Waals surface area contributed by atoms with Crippen molar-refractivity contribution < 1.29 is 17.7 Å². The zero-order valence-corrected chi connectivity index (χ0v) is 13.3. The minimum atomic E-state index is -3.64. The fourth-order valence-electron chi connectivity index (χ4n) is 2.50. The second-order valence-electron chi connectivity index (χ2n) is 5.05. The monoisotopic (exact) mass is 342 g/mol. The Morgan fingerprint density at radius 2 is 2.27 bits per heavy atom. The molecule has 0 radical (unpaired) electrons. The van der Waals surface area contributed by atoms with Gasteiger partial charge < -0.3 is 10.3 Å². The number of thiophene rings is 1. The van der Waals surface area contributed by atoms with Gasteiger partial charge in [0.2, 0.25) is 11.8 Å². The maximum Gasteiger partial charge on any atom is 0.252 e. The van der Waals surface area contributed by atoms with Crippen LogP contribution in [0.5, 0.6) is 0 Å². The molecule has 3 heterocycles. The lowest BCUT2D eigenvalue weighted by atomic mass is 9.95. The van der Waals surface area contributed by atoms with Gasteiger partial charge in [-0.15, -0.1) is 11.3 Å². The first-order valence-corrected chi connectivity index (χ1v) is 8.84. The highest BCUT2D eigenvalue weighted by molar-refractivity contribution is 7.91. The molecule has 8 nitrogen and oxygen atoms in total. The average molecular weight is 342 g/mol. The van der Waals surface area contributed by atoms with Gasteiger partial charge >= 0.3 is 0 Å². The summed E-state index contributed by atoms with van der Waals surface area (Å²) in [7, 11) is -3.64. The summed E-state index contributed by atoms with van der Waals surface area (Å²) < 4.78 is 31.7. The van der Waals surface area contributed by atoms with Gasteiger partial charge in [0.1, 0.15) is 4.21 Å². The number of aryl methyl sites for hydroxylation is 1. The number of carbonyl (C=O) groups excluding carboxylic acids is 1. The summed E-state index contributed by atoms with van der Waals surface area (Å²) in [5.74, 6) is -1.12. The van der Waals surface area contributed by atoms with Crippen LogP contribution in [0.2, 0.25) is 0 Å². The van der Waals surface area contributed by atoms with E-state index in [2.05, 4.69) is 10.1 Å². The van der Waals surface area contributed by atoms with Crippen molar-refractivity contribution in [3.05, 3.63) is 29.2 Å². The van der Waals surface area contributed by atoms with Gasteiger partial charge in [0, 0.05) is 13.1 Å². The van der Waals surface area contributed by atoms with E-state index in [0.717, 1.165) is 11.3 Å². The first-order chi connectivity index (χ1) is 10.4. The molecule has 1 saturated heterocycles. The van der Waals surface area contributed by atoms with Gasteiger partial charge in [0.05, 0.1) is 11.8 Å². The summed E-state index contributed by atoms with van der Waals surface area (Å²) in [6, 6.07) is 3.20. The van der Waals surface area contributed by atoms with Gasteiger partial charge in [-0.1, -0.05) is 11.2 Å². The third-order valence-electron chi connectivity index (χ3n) is 3.60. The quantitative estimate of drug-likeness (QED) is 0.855. The van der Waals surface area contributed by atoms with Crippen molar-refractivity contribution in [1.82, 2.24) is 14.4 Å². The van der Waals surface area contributed by atoms with Gasteiger partial charge in [-0.05, 0) is 18.4 Å². The molecular formula is C12H14N4O4S2.